The van der Waals surface area contributed by atoms with E-state index in [1.807, 2.05) is 0 Å². The van der Waals surface area contributed by atoms with E-state index < -0.39 is 19.9 Å². The number of hydrogen-bond acceptors (Lipinski definition) is 4. The number of sulfone groups is 1. The fourth-order valence-electron chi connectivity index (χ4n) is 1.84. The highest BCUT2D eigenvalue weighted by molar-refractivity contribution is 7.95. The standard InChI is InChI=1S/C16H16ClNO4S2/c1-2-23(19,20)16-9-7-15(8-10-16)18-24(21,22)12-11-13-3-5-14(17)6-4-13/h3-12,18H,2H2,1H3/b12-11+. The van der Waals surface area contributed by atoms with Crippen LogP contribution in [-0.2, 0) is 19.9 Å². The van der Waals surface area contributed by atoms with Crippen molar-refractivity contribution in [2.24, 2.45) is 0 Å². The van der Waals surface area contributed by atoms with Crippen LogP contribution in [0.4, 0.5) is 5.69 Å². The van der Waals surface area contributed by atoms with Crippen LogP contribution in [0.5, 0.6) is 0 Å². The average molecular weight is 386 g/mol. The summed E-state index contributed by atoms with van der Waals surface area (Å²) in [5.74, 6) is -0.0120. The molecule has 0 saturated heterocycles. The molecule has 0 unspecified atom stereocenters. The van der Waals surface area contributed by atoms with Gasteiger partial charge in [-0.05, 0) is 48.0 Å². The second-order valence-corrected chi connectivity index (χ2v) is 9.21. The summed E-state index contributed by atoms with van der Waals surface area (Å²) in [5, 5.41) is 1.60. The van der Waals surface area contributed by atoms with E-state index in [1.165, 1.54) is 30.3 Å². The van der Waals surface area contributed by atoms with E-state index >= 15 is 0 Å². The topological polar surface area (TPSA) is 80.3 Å². The molecule has 0 amide bonds. The number of benzene rings is 2. The fourth-order valence-corrected chi connectivity index (χ4v) is 3.72. The first-order chi connectivity index (χ1) is 11.2. The molecule has 24 heavy (non-hydrogen) atoms. The van der Waals surface area contributed by atoms with Crippen molar-refractivity contribution in [3.63, 3.8) is 0 Å². The molecule has 0 saturated carbocycles. The van der Waals surface area contributed by atoms with Gasteiger partial charge in [-0.1, -0.05) is 30.7 Å². The van der Waals surface area contributed by atoms with Crippen LogP contribution in [0.2, 0.25) is 5.02 Å². The van der Waals surface area contributed by atoms with Crippen molar-refractivity contribution in [3.05, 3.63) is 64.5 Å². The van der Waals surface area contributed by atoms with Gasteiger partial charge >= 0.3 is 0 Å². The van der Waals surface area contributed by atoms with Gasteiger partial charge in [-0.25, -0.2) is 16.8 Å². The molecule has 128 valence electrons. The Morgan fingerprint density at radius 2 is 1.54 bits per heavy atom. The largest absolute Gasteiger partial charge is 0.280 e. The SMILES string of the molecule is CCS(=O)(=O)c1ccc(NS(=O)(=O)/C=C/c2ccc(Cl)cc2)cc1. The van der Waals surface area contributed by atoms with Gasteiger partial charge in [-0.2, -0.15) is 0 Å². The molecule has 1 N–H and O–H groups in total. The molecule has 0 aromatic heterocycles. The van der Waals surface area contributed by atoms with Gasteiger partial charge in [0, 0.05) is 10.7 Å². The van der Waals surface area contributed by atoms with Gasteiger partial charge in [0.05, 0.1) is 16.1 Å². The summed E-state index contributed by atoms with van der Waals surface area (Å²) >= 11 is 5.77. The molecule has 0 aliphatic carbocycles. The maximum absolute atomic E-state index is 12.0. The summed E-state index contributed by atoms with van der Waals surface area (Å²) in [4.78, 5) is 0.157. The third kappa shape index (κ3) is 5.09. The minimum absolute atomic E-state index is 0.0120. The highest BCUT2D eigenvalue weighted by atomic mass is 35.5. The van der Waals surface area contributed by atoms with Crippen LogP contribution < -0.4 is 4.72 Å². The molecular formula is C16H16ClNO4S2. The lowest BCUT2D eigenvalue weighted by Gasteiger charge is -2.06. The van der Waals surface area contributed by atoms with Crippen LogP contribution in [0.3, 0.4) is 0 Å². The normalized spacial score (nSPS) is 12.4. The molecule has 2 aromatic rings. The van der Waals surface area contributed by atoms with E-state index in [4.69, 9.17) is 11.6 Å². The zero-order valence-electron chi connectivity index (χ0n) is 12.8. The van der Waals surface area contributed by atoms with E-state index in [1.54, 1.807) is 31.2 Å². The molecule has 0 aliphatic rings. The van der Waals surface area contributed by atoms with Crippen molar-refractivity contribution < 1.29 is 16.8 Å². The molecule has 0 spiro atoms. The lowest BCUT2D eigenvalue weighted by molar-refractivity contribution is 0.597. The van der Waals surface area contributed by atoms with Crippen molar-refractivity contribution in [2.45, 2.75) is 11.8 Å². The van der Waals surface area contributed by atoms with Gasteiger partial charge < -0.3 is 0 Å². The third-order valence-corrected chi connectivity index (χ3v) is 6.18. The lowest BCUT2D eigenvalue weighted by atomic mass is 10.2. The monoisotopic (exact) mass is 385 g/mol. The number of sulfonamides is 1. The first-order valence-corrected chi connectivity index (χ1v) is 10.6. The van der Waals surface area contributed by atoms with Gasteiger partial charge in [0.25, 0.3) is 10.0 Å². The highest BCUT2D eigenvalue weighted by Crippen LogP contribution is 2.17. The Labute approximate surface area is 146 Å². The quantitative estimate of drug-likeness (QED) is 0.824. The fraction of sp³-hybridized carbons (Fsp3) is 0.125. The van der Waals surface area contributed by atoms with Crippen molar-refractivity contribution in [1.29, 1.82) is 0 Å². The summed E-state index contributed by atoms with van der Waals surface area (Å²) in [5.41, 5.74) is 0.972. The average Bonchev–Trinajstić information content (AvgIpc) is 2.54. The van der Waals surface area contributed by atoms with Gasteiger partial charge in [0.1, 0.15) is 0 Å². The number of hydrogen-bond donors (Lipinski definition) is 1. The zero-order chi connectivity index (χ0) is 17.8. The number of anilines is 1. The summed E-state index contributed by atoms with van der Waals surface area (Å²) in [6.07, 6.45) is 1.44. The molecule has 5 nitrogen and oxygen atoms in total. The first-order valence-electron chi connectivity index (χ1n) is 7.01. The van der Waals surface area contributed by atoms with Gasteiger partial charge in [-0.3, -0.25) is 4.72 Å². The van der Waals surface area contributed by atoms with Crippen LogP contribution in [0, 0.1) is 0 Å². The van der Waals surface area contributed by atoms with Gasteiger partial charge in [0.15, 0.2) is 9.84 Å². The van der Waals surface area contributed by atoms with E-state index in [2.05, 4.69) is 4.72 Å². The zero-order valence-corrected chi connectivity index (χ0v) is 15.2. The Kier molecular flexibility index (Phi) is 5.69. The predicted molar refractivity (Wildman–Crippen MR) is 97.2 cm³/mol. The molecule has 8 heteroatoms. The lowest BCUT2D eigenvalue weighted by Crippen LogP contribution is -2.09. The number of halogens is 1. The molecule has 0 atom stereocenters. The first kappa shape index (κ1) is 18.5. The molecule has 0 fully saturated rings. The van der Waals surface area contributed by atoms with Crippen molar-refractivity contribution in [2.75, 3.05) is 10.5 Å². The Hall–Kier alpha value is -1.83. The molecule has 2 aromatic carbocycles. The van der Waals surface area contributed by atoms with Crippen LogP contribution in [0.1, 0.15) is 12.5 Å². The van der Waals surface area contributed by atoms with Crippen LogP contribution in [0.25, 0.3) is 6.08 Å². The van der Waals surface area contributed by atoms with Crippen LogP contribution in [-0.4, -0.2) is 22.6 Å². The molecule has 2 rings (SSSR count). The van der Waals surface area contributed by atoms with Gasteiger partial charge in [0.2, 0.25) is 0 Å². The minimum atomic E-state index is -3.71. The van der Waals surface area contributed by atoms with E-state index in [9.17, 15) is 16.8 Å². The highest BCUT2D eigenvalue weighted by Gasteiger charge is 2.12. The van der Waals surface area contributed by atoms with Crippen LogP contribution in [0.15, 0.2) is 58.8 Å². The third-order valence-electron chi connectivity index (χ3n) is 3.16. The maximum Gasteiger partial charge on any atom is 0.255 e. The molecular weight excluding hydrogens is 370 g/mol. The second kappa shape index (κ2) is 7.38. The molecule has 0 radical (unpaired) electrons. The summed E-state index contributed by atoms with van der Waals surface area (Å²) in [6.45, 7) is 1.55. The Bertz CT molecular complexity index is 933. The Balaban J connectivity index is 2.13. The van der Waals surface area contributed by atoms with Crippen LogP contribution >= 0.6 is 11.6 Å². The molecule has 0 bridgehead atoms. The van der Waals surface area contributed by atoms with E-state index in [0.29, 0.717) is 10.6 Å². The molecule has 0 aliphatic heterocycles. The number of rotatable bonds is 6. The van der Waals surface area contributed by atoms with Crippen molar-refractivity contribution >= 4 is 43.2 Å². The maximum atomic E-state index is 12.0. The summed E-state index contributed by atoms with van der Waals surface area (Å²) in [6, 6.07) is 12.3. The molecule has 0 heterocycles. The second-order valence-electron chi connectivity index (χ2n) is 4.93. The summed E-state index contributed by atoms with van der Waals surface area (Å²) in [7, 11) is -7.02. The van der Waals surface area contributed by atoms with Crippen molar-refractivity contribution in [3.8, 4) is 0 Å². The van der Waals surface area contributed by atoms with E-state index in [-0.39, 0.29) is 16.3 Å². The Morgan fingerprint density at radius 1 is 0.958 bits per heavy atom. The van der Waals surface area contributed by atoms with E-state index in [0.717, 1.165) is 5.41 Å². The summed E-state index contributed by atoms with van der Waals surface area (Å²) < 4.78 is 49.9. The van der Waals surface area contributed by atoms with Crippen molar-refractivity contribution in [1.82, 2.24) is 0 Å². The predicted octanol–water partition coefficient (Wildman–Crippen LogP) is 3.55. The van der Waals surface area contributed by atoms with Gasteiger partial charge in [-0.15, -0.1) is 0 Å². The Morgan fingerprint density at radius 3 is 2.08 bits per heavy atom. The number of nitrogens with one attached hydrogen (secondary N) is 1. The smallest absolute Gasteiger partial charge is 0.255 e. The minimum Gasteiger partial charge on any atom is -0.280 e.